The van der Waals surface area contributed by atoms with Crippen molar-refractivity contribution in [2.45, 2.75) is 12.6 Å². The number of rotatable bonds is 3. The second-order valence-electron chi connectivity index (χ2n) is 7.87. The molecule has 1 aliphatic rings. The predicted molar refractivity (Wildman–Crippen MR) is 114 cm³/mol. The van der Waals surface area contributed by atoms with E-state index in [1.807, 2.05) is 0 Å². The van der Waals surface area contributed by atoms with E-state index in [0.29, 0.717) is 33.2 Å². The van der Waals surface area contributed by atoms with Crippen LogP contribution in [0.2, 0.25) is 0 Å². The van der Waals surface area contributed by atoms with Crippen molar-refractivity contribution in [1.29, 1.82) is 0 Å². The van der Waals surface area contributed by atoms with Crippen LogP contribution in [0.4, 0.5) is 23.4 Å². The van der Waals surface area contributed by atoms with Crippen LogP contribution in [-0.2, 0) is 11.3 Å². The summed E-state index contributed by atoms with van der Waals surface area (Å²) in [4.78, 5) is 21.9. The van der Waals surface area contributed by atoms with Crippen LogP contribution in [0.15, 0.2) is 30.3 Å². The van der Waals surface area contributed by atoms with Crippen LogP contribution in [0.1, 0.15) is 27.8 Å². The Morgan fingerprint density at radius 1 is 1.06 bits per heavy atom. The lowest BCUT2D eigenvalue weighted by molar-refractivity contribution is 0.0334. The molecule has 2 aromatic carbocycles. The van der Waals surface area contributed by atoms with Gasteiger partial charge in [0.2, 0.25) is 0 Å². The number of H-pyrrole nitrogens is 1. The van der Waals surface area contributed by atoms with Gasteiger partial charge in [-0.3, -0.25) is 4.79 Å². The monoisotopic (exact) mass is 458 g/mol. The van der Waals surface area contributed by atoms with Crippen molar-refractivity contribution < 1.29 is 27.1 Å². The Balaban J connectivity index is 1.61. The second-order valence-corrected chi connectivity index (χ2v) is 7.87. The fraction of sp³-hybridized carbons (Fsp3) is 0.217. The fourth-order valence-electron chi connectivity index (χ4n) is 4.28. The Morgan fingerprint density at radius 2 is 1.73 bits per heavy atom. The first-order valence-electron chi connectivity index (χ1n) is 10.1. The number of amides is 1. The molecule has 1 atom stereocenters. The zero-order valence-electron chi connectivity index (χ0n) is 17.6. The van der Waals surface area contributed by atoms with E-state index in [9.17, 15) is 22.4 Å². The largest absolute Gasteiger partial charge is 0.373 e. The quantitative estimate of drug-likeness (QED) is 0.439. The van der Waals surface area contributed by atoms with Crippen LogP contribution in [0.3, 0.4) is 0 Å². The smallest absolute Gasteiger partial charge is 0.270 e. The van der Waals surface area contributed by atoms with Gasteiger partial charge in [-0.05, 0) is 29.7 Å². The minimum atomic E-state index is -1.03. The number of benzene rings is 2. The van der Waals surface area contributed by atoms with E-state index >= 15 is 0 Å². The second kappa shape index (κ2) is 7.73. The molecule has 6 nitrogen and oxygen atoms in total. The van der Waals surface area contributed by atoms with Gasteiger partial charge in [0.05, 0.1) is 24.9 Å². The molecule has 4 aromatic rings. The summed E-state index contributed by atoms with van der Waals surface area (Å²) in [6, 6.07) is 4.92. The molecular weight excluding hydrogens is 440 g/mol. The number of nitrogens with zero attached hydrogens (tertiary/aromatic N) is 2. The number of likely N-dealkylation sites (N-methyl/N-ethyl adjacent to an activating group) is 1. The van der Waals surface area contributed by atoms with Gasteiger partial charge < -0.3 is 19.9 Å². The first-order valence-corrected chi connectivity index (χ1v) is 10.1. The minimum Gasteiger partial charge on any atom is -0.373 e. The van der Waals surface area contributed by atoms with Gasteiger partial charge in [-0.15, -0.1) is 0 Å². The normalized spacial score (nSPS) is 15.6. The number of anilines is 1. The van der Waals surface area contributed by atoms with Gasteiger partial charge in [0.25, 0.3) is 5.91 Å². The average molecular weight is 458 g/mol. The maximum Gasteiger partial charge on any atom is 0.270 e. The van der Waals surface area contributed by atoms with Crippen molar-refractivity contribution >= 4 is 33.4 Å². The molecule has 1 aliphatic heterocycles. The Labute approximate surface area is 185 Å². The zero-order valence-corrected chi connectivity index (χ0v) is 17.6. The number of pyridine rings is 1. The minimum absolute atomic E-state index is 0.105. The third-order valence-electron chi connectivity index (χ3n) is 5.93. The maximum absolute atomic E-state index is 14.2. The molecule has 5 rings (SSSR count). The van der Waals surface area contributed by atoms with E-state index in [1.54, 1.807) is 7.05 Å². The molecule has 0 bridgehead atoms. The lowest BCUT2D eigenvalue weighted by Gasteiger charge is -2.33. The van der Waals surface area contributed by atoms with Gasteiger partial charge in [0.1, 0.15) is 11.5 Å². The van der Waals surface area contributed by atoms with Crippen molar-refractivity contribution in [3.05, 3.63) is 70.6 Å². The summed E-state index contributed by atoms with van der Waals surface area (Å²) in [5.41, 5.74) is 1.44. The molecule has 2 N–H and O–H groups in total. The lowest BCUT2D eigenvalue weighted by Crippen LogP contribution is -2.37. The Kier molecular flexibility index (Phi) is 4.97. The van der Waals surface area contributed by atoms with Crippen molar-refractivity contribution in [1.82, 2.24) is 14.9 Å². The third kappa shape index (κ3) is 3.37. The Hall–Kier alpha value is -3.66. The summed E-state index contributed by atoms with van der Waals surface area (Å²) >= 11 is 0. The van der Waals surface area contributed by atoms with Gasteiger partial charge in [0.15, 0.2) is 23.3 Å². The van der Waals surface area contributed by atoms with E-state index in [2.05, 4.69) is 15.3 Å². The van der Waals surface area contributed by atoms with E-state index < -0.39 is 35.2 Å². The molecule has 0 fully saturated rings. The molecule has 0 aliphatic carbocycles. The molecule has 0 spiro atoms. The van der Waals surface area contributed by atoms with E-state index in [4.69, 9.17) is 4.74 Å². The molecule has 33 heavy (non-hydrogen) atoms. The van der Waals surface area contributed by atoms with Crippen LogP contribution in [0, 0.1) is 23.3 Å². The van der Waals surface area contributed by atoms with Gasteiger partial charge >= 0.3 is 0 Å². The molecule has 170 valence electrons. The molecule has 0 saturated carbocycles. The molecule has 2 aromatic heterocycles. The number of nitrogens with one attached hydrogen (secondary N) is 2. The zero-order chi connectivity index (χ0) is 23.4. The third-order valence-corrected chi connectivity index (χ3v) is 5.93. The summed E-state index contributed by atoms with van der Waals surface area (Å²) < 4.78 is 61.0. The first kappa shape index (κ1) is 21.2. The highest BCUT2D eigenvalue weighted by molar-refractivity contribution is 5.99. The van der Waals surface area contributed by atoms with E-state index in [0.717, 1.165) is 24.3 Å². The number of aromatic amines is 1. The highest BCUT2D eigenvalue weighted by Crippen LogP contribution is 2.38. The number of hydrogen-bond acceptors (Lipinski definition) is 4. The number of fused-ring (bicyclic) bond motifs is 4. The number of hydrogen-bond donors (Lipinski definition) is 2. The summed E-state index contributed by atoms with van der Waals surface area (Å²) in [5.74, 6) is -4.18. The first-order chi connectivity index (χ1) is 15.8. The van der Waals surface area contributed by atoms with Crippen molar-refractivity contribution in [2.75, 3.05) is 26.0 Å². The number of halogens is 4. The number of carbonyl (C=O) groups is 1. The fourth-order valence-corrected chi connectivity index (χ4v) is 4.28. The van der Waals surface area contributed by atoms with Gasteiger partial charge in [-0.25, -0.2) is 22.5 Å². The molecule has 0 unspecified atom stereocenters. The van der Waals surface area contributed by atoms with Crippen LogP contribution in [-0.4, -0.2) is 41.5 Å². The molecule has 3 heterocycles. The Morgan fingerprint density at radius 3 is 2.45 bits per heavy atom. The molecule has 0 saturated heterocycles. The molecular formula is C23H18F4N4O2. The number of carbonyl (C=O) groups excluding carboxylic acids is 1. The summed E-state index contributed by atoms with van der Waals surface area (Å²) in [7, 11) is 3.16. The van der Waals surface area contributed by atoms with Crippen LogP contribution >= 0.6 is 0 Å². The molecule has 1 amide bonds. The van der Waals surface area contributed by atoms with Crippen molar-refractivity contribution in [2.24, 2.45) is 0 Å². The summed E-state index contributed by atoms with van der Waals surface area (Å²) in [6.45, 7) is 0.246. The highest BCUT2D eigenvalue weighted by Gasteiger charge is 2.32. The van der Waals surface area contributed by atoms with Crippen LogP contribution < -0.4 is 5.32 Å². The highest BCUT2D eigenvalue weighted by atomic mass is 19.2. The van der Waals surface area contributed by atoms with E-state index in [1.165, 1.54) is 18.0 Å². The topological polar surface area (TPSA) is 70.2 Å². The predicted octanol–water partition coefficient (Wildman–Crippen LogP) is 4.66. The van der Waals surface area contributed by atoms with Crippen LogP contribution in [0.5, 0.6) is 0 Å². The van der Waals surface area contributed by atoms with Crippen LogP contribution in [0.25, 0.3) is 21.7 Å². The number of aromatic nitrogens is 2. The lowest BCUT2D eigenvalue weighted by atomic mass is 9.94. The standard InChI is InChI=1S/C23H18F4N4O2/c1-28-22-12-6-15(26)14(25)5-11(12)21-19(30-22)8-33-9-20(21)31(2)23(32)18-4-10-3-13(24)16(27)7-17(10)29-18/h3-7,20,29H,8-9H2,1-2H3,(H,28,30)/t20-/m1/s1. The van der Waals surface area contributed by atoms with Gasteiger partial charge in [-0.2, -0.15) is 0 Å². The summed E-state index contributed by atoms with van der Waals surface area (Å²) in [6.07, 6.45) is 0. The maximum atomic E-state index is 14.2. The summed E-state index contributed by atoms with van der Waals surface area (Å²) in [5, 5.41) is 4.01. The number of ether oxygens (including phenoxy) is 1. The van der Waals surface area contributed by atoms with Crippen molar-refractivity contribution in [3.8, 4) is 0 Å². The average Bonchev–Trinajstić information content (AvgIpc) is 3.20. The van der Waals surface area contributed by atoms with Crippen molar-refractivity contribution in [3.63, 3.8) is 0 Å². The molecule has 0 radical (unpaired) electrons. The van der Waals surface area contributed by atoms with E-state index in [-0.39, 0.29) is 24.4 Å². The Bertz CT molecular complexity index is 1400. The van der Waals surface area contributed by atoms with Gasteiger partial charge in [-0.1, -0.05) is 0 Å². The molecule has 10 heteroatoms. The SMILES string of the molecule is CNc1nc2c(c3cc(F)c(F)cc13)[C@H](N(C)C(=O)c1cc3cc(F)c(F)cc3[nH]1)COC2. The van der Waals surface area contributed by atoms with Gasteiger partial charge in [0, 0.05) is 42.0 Å².